The van der Waals surface area contributed by atoms with Crippen molar-refractivity contribution < 1.29 is 13.5 Å². The van der Waals surface area contributed by atoms with E-state index in [9.17, 15) is 13.5 Å². The number of halogens is 2. The summed E-state index contributed by atoms with van der Waals surface area (Å²) in [5, 5.41) is 10.4. The monoisotopic (exact) mass is 389 g/mol. The molecular weight excluding hydrogens is 378 g/mol. The zero-order chi connectivity index (χ0) is 15.8. The van der Waals surface area contributed by atoms with E-state index in [-0.39, 0.29) is 16.3 Å². The molecule has 0 fully saturated rings. The number of sulfonamides is 1. The third-order valence-electron chi connectivity index (χ3n) is 2.89. The molecule has 0 bridgehead atoms. The van der Waals surface area contributed by atoms with Crippen molar-refractivity contribution in [2.45, 2.75) is 18.7 Å². The van der Waals surface area contributed by atoms with Gasteiger partial charge in [0.1, 0.15) is 5.75 Å². The van der Waals surface area contributed by atoms with Gasteiger partial charge in [-0.15, -0.1) is 0 Å². The van der Waals surface area contributed by atoms with E-state index >= 15 is 0 Å². The van der Waals surface area contributed by atoms with Crippen molar-refractivity contribution in [3.63, 3.8) is 0 Å². The molecule has 2 aromatic rings. The number of hydrogen-bond donors (Lipinski definition) is 2. The third kappa shape index (κ3) is 3.51. The van der Waals surface area contributed by atoms with Crippen LogP contribution in [0.25, 0.3) is 0 Å². The molecule has 7 heteroatoms. The Morgan fingerprint density at radius 1 is 1.19 bits per heavy atom. The van der Waals surface area contributed by atoms with Gasteiger partial charge in [-0.3, -0.25) is 4.72 Å². The van der Waals surface area contributed by atoms with Gasteiger partial charge in [-0.25, -0.2) is 8.42 Å². The Hall–Kier alpha value is -1.24. The highest BCUT2D eigenvalue weighted by Crippen LogP contribution is 2.31. The van der Waals surface area contributed by atoms with Gasteiger partial charge in [0, 0.05) is 4.47 Å². The molecule has 2 N–H and O–H groups in total. The van der Waals surface area contributed by atoms with Crippen LogP contribution in [0.2, 0.25) is 5.02 Å². The Labute approximate surface area is 136 Å². The second-order valence-corrected chi connectivity index (χ2v) is 7.60. The van der Waals surface area contributed by atoms with Crippen LogP contribution in [0.3, 0.4) is 0 Å². The largest absolute Gasteiger partial charge is 0.505 e. The lowest BCUT2D eigenvalue weighted by atomic mass is 10.1. The fourth-order valence-corrected chi connectivity index (χ4v) is 3.62. The van der Waals surface area contributed by atoms with E-state index in [4.69, 9.17) is 11.6 Å². The van der Waals surface area contributed by atoms with Gasteiger partial charge in [0.2, 0.25) is 0 Å². The van der Waals surface area contributed by atoms with Crippen LogP contribution in [0.1, 0.15) is 11.1 Å². The van der Waals surface area contributed by atoms with E-state index in [0.29, 0.717) is 15.1 Å². The van der Waals surface area contributed by atoms with Crippen molar-refractivity contribution in [2.24, 2.45) is 0 Å². The molecule has 0 unspecified atom stereocenters. The highest BCUT2D eigenvalue weighted by molar-refractivity contribution is 9.10. The molecule has 4 nitrogen and oxygen atoms in total. The highest BCUT2D eigenvalue weighted by Gasteiger charge is 2.18. The molecule has 0 amide bonds. The summed E-state index contributed by atoms with van der Waals surface area (Å²) in [6.07, 6.45) is 0. The van der Waals surface area contributed by atoms with Crippen LogP contribution in [-0.4, -0.2) is 13.5 Å². The Morgan fingerprint density at radius 3 is 2.48 bits per heavy atom. The summed E-state index contributed by atoms with van der Waals surface area (Å²) in [6.45, 7) is 3.53. The Kier molecular flexibility index (Phi) is 4.51. The Morgan fingerprint density at radius 2 is 1.86 bits per heavy atom. The first-order valence-corrected chi connectivity index (χ1v) is 8.64. The zero-order valence-electron chi connectivity index (χ0n) is 11.3. The minimum Gasteiger partial charge on any atom is -0.505 e. The fourth-order valence-electron chi connectivity index (χ4n) is 1.89. The van der Waals surface area contributed by atoms with Crippen LogP contribution in [0, 0.1) is 13.8 Å². The topological polar surface area (TPSA) is 66.4 Å². The number of phenols is 1. The lowest BCUT2D eigenvalue weighted by molar-refractivity contribution is 0.473. The number of aryl methyl sites for hydroxylation is 2. The molecule has 0 spiro atoms. The summed E-state index contributed by atoms with van der Waals surface area (Å²) in [5.41, 5.74) is 1.60. The molecule has 2 rings (SSSR count). The SMILES string of the molecule is Cc1cc(C)c(O)c(NS(=O)(=O)c2ccc(Cl)c(Br)c2)c1. The molecule has 0 aliphatic carbocycles. The second kappa shape index (κ2) is 5.87. The smallest absolute Gasteiger partial charge is 0.262 e. The van der Waals surface area contributed by atoms with Gasteiger partial charge < -0.3 is 5.11 Å². The molecule has 0 atom stereocenters. The van der Waals surface area contributed by atoms with Crippen molar-refractivity contribution in [2.75, 3.05) is 4.72 Å². The van der Waals surface area contributed by atoms with Gasteiger partial charge in [0.05, 0.1) is 15.6 Å². The summed E-state index contributed by atoms with van der Waals surface area (Å²) in [6, 6.07) is 7.64. The average Bonchev–Trinajstić information content (AvgIpc) is 2.38. The number of aromatic hydroxyl groups is 1. The van der Waals surface area contributed by atoms with Gasteiger partial charge in [-0.05, 0) is 65.2 Å². The third-order valence-corrected chi connectivity index (χ3v) is 5.47. The number of phenolic OH excluding ortho intramolecular Hbond substituents is 1. The van der Waals surface area contributed by atoms with Crippen LogP contribution >= 0.6 is 27.5 Å². The van der Waals surface area contributed by atoms with E-state index in [2.05, 4.69) is 20.7 Å². The molecule has 0 saturated carbocycles. The first-order valence-electron chi connectivity index (χ1n) is 5.99. The molecule has 112 valence electrons. The van der Waals surface area contributed by atoms with Gasteiger partial charge in [0.25, 0.3) is 10.0 Å². The standard InChI is InChI=1S/C14H13BrClNO3S/c1-8-5-9(2)14(18)13(6-8)17-21(19,20)10-3-4-12(16)11(15)7-10/h3-7,17-18H,1-2H3. The van der Waals surface area contributed by atoms with Crippen molar-refractivity contribution in [1.29, 1.82) is 0 Å². The lowest BCUT2D eigenvalue weighted by Gasteiger charge is -2.12. The molecule has 0 aromatic heterocycles. The number of rotatable bonds is 3. The van der Waals surface area contributed by atoms with Crippen molar-refractivity contribution in [3.8, 4) is 5.75 Å². The zero-order valence-corrected chi connectivity index (χ0v) is 14.5. The van der Waals surface area contributed by atoms with Crippen LogP contribution in [0.4, 0.5) is 5.69 Å². The van der Waals surface area contributed by atoms with Gasteiger partial charge in [-0.2, -0.15) is 0 Å². The van der Waals surface area contributed by atoms with E-state index < -0.39 is 10.0 Å². The van der Waals surface area contributed by atoms with Crippen LogP contribution in [0.5, 0.6) is 5.75 Å². The molecule has 0 heterocycles. The number of hydrogen-bond acceptors (Lipinski definition) is 3. The molecule has 2 aromatic carbocycles. The van der Waals surface area contributed by atoms with E-state index in [1.807, 2.05) is 6.92 Å². The number of anilines is 1. The van der Waals surface area contributed by atoms with Gasteiger partial charge in [-0.1, -0.05) is 17.7 Å². The quantitative estimate of drug-likeness (QED) is 0.771. The maximum atomic E-state index is 12.4. The van der Waals surface area contributed by atoms with Gasteiger partial charge in [0.15, 0.2) is 0 Å². The average molecular weight is 391 g/mol. The minimum absolute atomic E-state index is 0.0531. The van der Waals surface area contributed by atoms with Crippen LogP contribution in [-0.2, 0) is 10.0 Å². The molecule has 21 heavy (non-hydrogen) atoms. The summed E-state index contributed by atoms with van der Waals surface area (Å²) in [7, 11) is -3.81. The van der Waals surface area contributed by atoms with Crippen molar-refractivity contribution in [3.05, 3.63) is 51.0 Å². The maximum absolute atomic E-state index is 12.4. The number of nitrogens with one attached hydrogen (secondary N) is 1. The minimum atomic E-state index is -3.81. The Bertz CT molecular complexity index is 806. The molecule has 0 saturated heterocycles. The van der Waals surface area contributed by atoms with Gasteiger partial charge >= 0.3 is 0 Å². The summed E-state index contributed by atoms with van der Waals surface area (Å²) in [5.74, 6) is -0.0859. The predicted molar refractivity (Wildman–Crippen MR) is 87.5 cm³/mol. The lowest BCUT2D eigenvalue weighted by Crippen LogP contribution is -2.13. The predicted octanol–water partition coefficient (Wildman–Crippen LogP) is 4.23. The normalized spacial score (nSPS) is 11.4. The second-order valence-electron chi connectivity index (χ2n) is 4.66. The number of benzene rings is 2. The van der Waals surface area contributed by atoms with E-state index in [1.165, 1.54) is 18.2 Å². The summed E-state index contributed by atoms with van der Waals surface area (Å²) >= 11 is 9.04. The Balaban J connectivity index is 2.44. The summed E-state index contributed by atoms with van der Waals surface area (Å²) < 4.78 is 27.6. The van der Waals surface area contributed by atoms with Crippen LogP contribution in [0.15, 0.2) is 39.7 Å². The summed E-state index contributed by atoms with van der Waals surface area (Å²) in [4.78, 5) is 0.0531. The van der Waals surface area contributed by atoms with E-state index in [1.54, 1.807) is 19.1 Å². The van der Waals surface area contributed by atoms with Crippen molar-refractivity contribution in [1.82, 2.24) is 0 Å². The van der Waals surface area contributed by atoms with Crippen LogP contribution < -0.4 is 4.72 Å². The molecular formula is C14H13BrClNO3S. The first-order chi connectivity index (χ1) is 9.70. The molecule has 0 radical (unpaired) electrons. The molecule has 0 aliphatic heterocycles. The highest BCUT2D eigenvalue weighted by atomic mass is 79.9. The molecule has 0 aliphatic rings. The van der Waals surface area contributed by atoms with Crippen molar-refractivity contribution >= 4 is 43.2 Å². The fraction of sp³-hybridized carbons (Fsp3) is 0.143. The van der Waals surface area contributed by atoms with E-state index in [0.717, 1.165) is 5.56 Å². The maximum Gasteiger partial charge on any atom is 0.262 e. The first kappa shape index (κ1) is 16.1.